The summed E-state index contributed by atoms with van der Waals surface area (Å²) in [5, 5.41) is 5.76. The van der Waals surface area contributed by atoms with E-state index in [4.69, 9.17) is 9.47 Å². The van der Waals surface area contributed by atoms with Crippen LogP contribution in [-0.2, 0) is 24.5 Å². The molecule has 0 aromatic heterocycles. The third kappa shape index (κ3) is 5.04. The first kappa shape index (κ1) is 20.1. The molecule has 24 heavy (non-hydrogen) atoms. The summed E-state index contributed by atoms with van der Waals surface area (Å²) >= 11 is 0. The Hall–Kier alpha value is -1.92. The van der Waals surface area contributed by atoms with Gasteiger partial charge in [0.2, 0.25) is 0 Å². The standard InChI is InChI=1S/C18H28N2O4/c1-11(23-6)16(21)19-13-9-8-10-14(15(13)18(3,4)5)20-17(22)12(2)24-7/h8-12H,1-7H3,(H,19,21)(H,20,22). The number of carbonyl (C=O) groups excluding carboxylic acids is 2. The van der Waals surface area contributed by atoms with Gasteiger partial charge >= 0.3 is 0 Å². The second-order valence-corrected chi connectivity index (χ2v) is 6.71. The maximum Gasteiger partial charge on any atom is 0.253 e. The van der Waals surface area contributed by atoms with E-state index in [0.29, 0.717) is 11.4 Å². The lowest BCUT2D eigenvalue weighted by atomic mass is 9.84. The summed E-state index contributed by atoms with van der Waals surface area (Å²) in [5.74, 6) is -0.478. The van der Waals surface area contributed by atoms with Crippen LogP contribution < -0.4 is 10.6 Å². The molecule has 0 saturated heterocycles. The molecule has 0 radical (unpaired) electrons. The average Bonchev–Trinajstić information content (AvgIpc) is 2.51. The molecule has 134 valence electrons. The third-order valence-corrected chi connectivity index (χ3v) is 3.78. The molecule has 1 aromatic carbocycles. The van der Waals surface area contributed by atoms with E-state index < -0.39 is 12.2 Å². The Morgan fingerprint density at radius 1 is 0.917 bits per heavy atom. The molecule has 6 nitrogen and oxygen atoms in total. The van der Waals surface area contributed by atoms with Gasteiger partial charge in [-0.2, -0.15) is 0 Å². The van der Waals surface area contributed by atoms with E-state index >= 15 is 0 Å². The van der Waals surface area contributed by atoms with Gasteiger partial charge in [-0.3, -0.25) is 9.59 Å². The minimum absolute atomic E-state index is 0.239. The molecule has 0 aliphatic rings. The van der Waals surface area contributed by atoms with Crippen molar-refractivity contribution in [1.82, 2.24) is 0 Å². The highest BCUT2D eigenvalue weighted by atomic mass is 16.5. The summed E-state index contributed by atoms with van der Waals surface area (Å²) < 4.78 is 10.1. The van der Waals surface area contributed by atoms with E-state index in [1.54, 1.807) is 19.9 Å². The SMILES string of the molecule is COC(C)C(=O)Nc1cccc(NC(=O)C(C)OC)c1C(C)(C)C. The molecule has 6 heteroatoms. The molecule has 2 atom stereocenters. The molecule has 2 N–H and O–H groups in total. The van der Waals surface area contributed by atoms with E-state index in [-0.39, 0.29) is 17.2 Å². The summed E-state index contributed by atoms with van der Waals surface area (Å²) in [6.07, 6.45) is -1.13. The van der Waals surface area contributed by atoms with Crippen molar-refractivity contribution in [1.29, 1.82) is 0 Å². The molecule has 0 spiro atoms. The van der Waals surface area contributed by atoms with Gasteiger partial charge in [-0.1, -0.05) is 26.8 Å². The number of methoxy groups -OCH3 is 2. The predicted molar refractivity (Wildman–Crippen MR) is 95.3 cm³/mol. The van der Waals surface area contributed by atoms with E-state index in [1.807, 2.05) is 32.9 Å². The number of ether oxygens (including phenoxy) is 2. The Labute approximate surface area is 143 Å². The topological polar surface area (TPSA) is 76.7 Å². The molecular weight excluding hydrogens is 308 g/mol. The summed E-state index contributed by atoms with van der Waals surface area (Å²) in [6.45, 7) is 9.42. The fraction of sp³-hybridized carbons (Fsp3) is 0.556. The minimum Gasteiger partial charge on any atom is -0.372 e. The highest BCUT2D eigenvalue weighted by molar-refractivity contribution is 5.99. The molecule has 0 heterocycles. The van der Waals surface area contributed by atoms with Crippen LogP contribution in [0.15, 0.2) is 18.2 Å². The summed E-state index contributed by atoms with van der Waals surface area (Å²) in [6, 6.07) is 5.42. The van der Waals surface area contributed by atoms with Crippen LogP contribution in [0.2, 0.25) is 0 Å². The number of amides is 2. The van der Waals surface area contributed by atoms with Crippen LogP contribution in [0.5, 0.6) is 0 Å². The zero-order valence-corrected chi connectivity index (χ0v) is 15.5. The lowest BCUT2D eigenvalue weighted by Gasteiger charge is -2.27. The molecule has 2 amide bonds. The van der Waals surface area contributed by atoms with Crippen LogP contribution in [0.25, 0.3) is 0 Å². The zero-order valence-electron chi connectivity index (χ0n) is 15.5. The monoisotopic (exact) mass is 336 g/mol. The summed E-state index contributed by atoms with van der Waals surface area (Å²) in [4.78, 5) is 24.3. The minimum atomic E-state index is -0.565. The Morgan fingerprint density at radius 2 is 1.29 bits per heavy atom. The number of nitrogens with one attached hydrogen (secondary N) is 2. The Balaban J connectivity index is 3.24. The first-order chi connectivity index (χ1) is 11.1. The number of hydrogen-bond donors (Lipinski definition) is 2. The van der Waals surface area contributed by atoms with Gasteiger partial charge < -0.3 is 20.1 Å². The number of benzene rings is 1. The highest BCUT2D eigenvalue weighted by Gasteiger charge is 2.25. The van der Waals surface area contributed by atoms with Gasteiger partial charge in [-0.15, -0.1) is 0 Å². The van der Waals surface area contributed by atoms with Crippen molar-refractivity contribution >= 4 is 23.2 Å². The molecule has 0 fully saturated rings. The van der Waals surface area contributed by atoms with Crippen molar-refractivity contribution in [2.75, 3.05) is 24.9 Å². The highest BCUT2D eigenvalue weighted by Crippen LogP contribution is 2.36. The van der Waals surface area contributed by atoms with Crippen LogP contribution >= 0.6 is 0 Å². The smallest absolute Gasteiger partial charge is 0.253 e. The molecule has 0 saturated carbocycles. The zero-order chi connectivity index (χ0) is 18.5. The van der Waals surface area contributed by atoms with Crippen LogP contribution in [0, 0.1) is 0 Å². The van der Waals surface area contributed by atoms with Crippen LogP contribution in [-0.4, -0.2) is 38.2 Å². The van der Waals surface area contributed by atoms with Crippen molar-refractivity contribution in [2.45, 2.75) is 52.2 Å². The van der Waals surface area contributed by atoms with Crippen LogP contribution in [0.3, 0.4) is 0 Å². The van der Waals surface area contributed by atoms with E-state index in [0.717, 1.165) is 5.56 Å². The summed E-state index contributed by atoms with van der Waals surface area (Å²) in [7, 11) is 2.97. The van der Waals surface area contributed by atoms with E-state index in [1.165, 1.54) is 14.2 Å². The normalized spacial score (nSPS) is 14.0. The molecule has 1 rings (SSSR count). The maximum atomic E-state index is 12.2. The number of rotatable bonds is 6. The average molecular weight is 336 g/mol. The Kier molecular flexibility index (Phi) is 6.93. The fourth-order valence-electron chi connectivity index (χ4n) is 2.25. The number of carbonyl (C=O) groups is 2. The maximum absolute atomic E-state index is 12.2. The fourth-order valence-corrected chi connectivity index (χ4v) is 2.25. The molecular formula is C18H28N2O4. The van der Waals surface area contributed by atoms with Crippen molar-refractivity contribution in [3.63, 3.8) is 0 Å². The van der Waals surface area contributed by atoms with Gasteiger partial charge in [-0.05, 0) is 31.4 Å². The first-order valence-corrected chi connectivity index (χ1v) is 7.92. The third-order valence-electron chi connectivity index (χ3n) is 3.78. The lowest BCUT2D eigenvalue weighted by molar-refractivity contribution is -0.125. The number of anilines is 2. The largest absolute Gasteiger partial charge is 0.372 e. The predicted octanol–water partition coefficient (Wildman–Crippen LogP) is 2.93. The van der Waals surface area contributed by atoms with Crippen molar-refractivity contribution in [3.05, 3.63) is 23.8 Å². The lowest BCUT2D eigenvalue weighted by Crippen LogP contribution is -2.30. The van der Waals surface area contributed by atoms with Gasteiger partial charge in [0, 0.05) is 31.2 Å². The van der Waals surface area contributed by atoms with Crippen LogP contribution in [0.4, 0.5) is 11.4 Å². The van der Waals surface area contributed by atoms with Crippen molar-refractivity contribution in [3.8, 4) is 0 Å². The molecule has 2 unspecified atom stereocenters. The second-order valence-electron chi connectivity index (χ2n) is 6.71. The Bertz CT molecular complexity index is 551. The van der Waals surface area contributed by atoms with Crippen molar-refractivity contribution < 1.29 is 19.1 Å². The molecule has 1 aromatic rings. The first-order valence-electron chi connectivity index (χ1n) is 7.92. The Morgan fingerprint density at radius 3 is 1.58 bits per heavy atom. The van der Waals surface area contributed by atoms with E-state index in [9.17, 15) is 9.59 Å². The van der Waals surface area contributed by atoms with Gasteiger partial charge in [0.05, 0.1) is 0 Å². The molecule has 0 aliphatic heterocycles. The molecule has 0 bridgehead atoms. The number of hydrogen-bond acceptors (Lipinski definition) is 4. The van der Waals surface area contributed by atoms with Gasteiger partial charge in [0.15, 0.2) is 0 Å². The summed E-state index contributed by atoms with van der Waals surface area (Å²) in [5.41, 5.74) is 1.86. The van der Waals surface area contributed by atoms with E-state index in [2.05, 4.69) is 10.6 Å². The molecule has 0 aliphatic carbocycles. The van der Waals surface area contributed by atoms with Gasteiger partial charge in [-0.25, -0.2) is 0 Å². The van der Waals surface area contributed by atoms with Crippen molar-refractivity contribution in [2.24, 2.45) is 0 Å². The van der Waals surface area contributed by atoms with Gasteiger partial charge in [0.1, 0.15) is 12.2 Å². The van der Waals surface area contributed by atoms with Crippen LogP contribution in [0.1, 0.15) is 40.2 Å². The van der Waals surface area contributed by atoms with Gasteiger partial charge in [0.25, 0.3) is 11.8 Å². The second kappa shape index (κ2) is 8.26. The quantitative estimate of drug-likeness (QED) is 0.837.